The molecule has 0 saturated carbocycles. The molecule has 1 radical (unpaired) electrons. The summed E-state index contributed by atoms with van der Waals surface area (Å²) in [4.78, 5) is 0. The maximum absolute atomic E-state index is 3.29. The molecule has 0 aliphatic heterocycles. The van der Waals surface area contributed by atoms with E-state index < -0.39 is 0 Å². The Hall–Kier alpha value is -0.780. The molecule has 0 N–H and O–H groups in total. The van der Waals surface area contributed by atoms with E-state index in [0.29, 0.717) is 5.92 Å². The zero-order chi connectivity index (χ0) is 8.27. The second-order valence-electron chi connectivity index (χ2n) is 3.13. The van der Waals surface area contributed by atoms with Gasteiger partial charge in [-0.05, 0) is 30.9 Å². The number of hydrogen-bond acceptors (Lipinski definition) is 0. The summed E-state index contributed by atoms with van der Waals surface area (Å²) in [6, 6.07) is 9.67. The van der Waals surface area contributed by atoms with Gasteiger partial charge < -0.3 is 0 Å². The first kappa shape index (κ1) is 8.32. The second-order valence-corrected chi connectivity index (χ2v) is 3.13. The predicted octanol–water partition coefficient (Wildman–Crippen LogP) is 3.31. The standard InChI is InChI=1S/C11H15/c1-4-10(3)11-7-5-9(2)6-8-11/h5-7,10H,4H2,1-3H3. The lowest BCUT2D eigenvalue weighted by atomic mass is 9.98. The third-order valence-corrected chi connectivity index (χ3v) is 2.14. The number of aryl methyl sites for hydroxylation is 1. The van der Waals surface area contributed by atoms with Gasteiger partial charge in [0.05, 0.1) is 0 Å². The molecule has 11 heavy (non-hydrogen) atoms. The van der Waals surface area contributed by atoms with Crippen molar-refractivity contribution in [3.63, 3.8) is 0 Å². The minimum Gasteiger partial charge on any atom is -0.0648 e. The van der Waals surface area contributed by atoms with Crippen LogP contribution in [0.15, 0.2) is 18.2 Å². The molecule has 1 atom stereocenters. The molecule has 0 fully saturated rings. The van der Waals surface area contributed by atoms with E-state index in [1.165, 1.54) is 17.5 Å². The van der Waals surface area contributed by atoms with Crippen LogP contribution in [0.5, 0.6) is 0 Å². The van der Waals surface area contributed by atoms with Crippen molar-refractivity contribution in [2.45, 2.75) is 33.1 Å². The van der Waals surface area contributed by atoms with Crippen molar-refractivity contribution in [1.82, 2.24) is 0 Å². The maximum Gasteiger partial charge on any atom is -0.0144 e. The van der Waals surface area contributed by atoms with Crippen molar-refractivity contribution in [3.05, 3.63) is 35.4 Å². The fourth-order valence-electron chi connectivity index (χ4n) is 1.04. The molecule has 0 nitrogen and oxygen atoms in total. The molecule has 1 rings (SSSR count). The fourth-order valence-corrected chi connectivity index (χ4v) is 1.04. The highest BCUT2D eigenvalue weighted by Gasteiger charge is 2.00. The van der Waals surface area contributed by atoms with Gasteiger partial charge in [-0.25, -0.2) is 0 Å². The zero-order valence-electron chi connectivity index (χ0n) is 7.52. The van der Waals surface area contributed by atoms with Crippen LogP contribution in [-0.4, -0.2) is 0 Å². The summed E-state index contributed by atoms with van der Waals surface area (Å²) in [5, 5.41) is 0. The third-order valence-electron chi connectivity index (χ3n) is 2.14. The highest BCUT2D eigenvalue weighted by molar-refractivity contribution is 5.22. The summed E-state index contributed by atoms with van der Waals surface area (Å²) in [6.07, 6.45) is 1.19. The van der Waals surface area contributed by atoms with Crippen molar-refractivity contribution in [1.29, 1.82) is 0 Å². The summed E-state index contributed by atoms with van der Waals surface area (Å²) in [5.41, 5.74) is 2.62. The monoisotopic (exact) mass is 147 g/mol. The van der Waals surface area contributed by atoms with E-state index in [1.54, 1.807) is 0 Å². The van der Waals surface area contributed by atoms with Gasteiger partial charge in [-0.1, -0.05) is 37.6 Å². The minimum atomic E-state index is 0.649. The second kappa shape index (κ2) is 3.56. The molecule has 0 aliphatic rings. The number of hydrogen-bond donors (Lipinski definition) is 0. The van der Waals surface area contributed by atoms with Crippen LogP contribution in [0.25, 0.3) is 0 Å². The van der Waals surface area contributed by atoms with Gasteiger partial charge in [0.15, 0.2) is 0 Å². The van der Waals surface area contributed by atoms with E-state index in [4.69, 9.17) is 0 Å². The lowest BCUT2D eigenvalue weighted by Gasteiger charge is -2.07. The van der Waals surface area contributed by atoms with E-state index in [9.17, 15) is 0 Å². The molecule has 1 aromatic carbocycles. The van der Waals surface area contributed by atoms with E-state index in [0.717, 1.165) is 0 Å². The Morgan fingerprint density at radius 3 is 2.64 bits per heavy atom. The Morgan fingerprint density at radius 1 is 1.45 bits per heavy atom. The number of rotatable bonds is 2. The molecular formula is C11H15. The molecule has 0 amide bonds. The van der Waals surface area contributed by atoms with E-state index in [2.05, 4.69) is 45.0 Å². The third kappa shape index (κ3) is 2.07. The molecular weight excluding hydrogens is 132 g/mol. The lowest BCUT2D eigenvalue weighted by molar-refractivity contribution is 0.732. The Morgan fingerprint density at radius 2 is 2.18 bits per heavy atom. The molecule has 0 spiro atoms. The van der Waals surface area contributed by atoms with Gasteiger partial charge in [-0.2, -0.15) is 0 Å². The van der Waals surface area contributed by atoms with Crippen molar-refractivity contribution in [2.75, 3.05) is 0 Å². The highest BCUT2D eigenvalue weighted by Crippen LogP contribution is 2.17. The molecule has 1 unspecified atom stereocenters. The molecule has 0 aromatic heterocycles. The van der Waals surface area contributed by atoms with Crippen LogP contribution in [0.1, 0.15) is 37.3 Å². The van der Waals surface area contributed by atoms with Crippen LogP contribution in [0, 0.1) is 13.0 Å². The van der Waals surface area contributed by atoms with Gasteiger partial charge in [0, 0.05) is 0 Å². The van der Waals surface area contributed by atoms with Crippen molar-refractivity contribution in [3.8, 4) is 0 Å². The van der Waals surface area contributed by atoms with Crippen molar-refractivity contribution in [2.24, 2.45) is 0 Å². The Kier molecular flexibility index (Phi) is 2.70. The lowest BCUT2D eigenvalue weighted by Crippen LogP contribution is -1.90. The molecule has 0 saturated heterocycles. The SMILES string of the molecule is CCC(C)c1[c]cc(C)cc1. The summed E-state index contributed by atoms with van der Waals surface area (Å²) >= 11 is 0. The summed E-state index contributed by atoms with van der Waals surface area (Å²) in [6.45, 7) is 6.54. The first-order valence-corrected chi connectivity index (χ1v) is 4.22. The molecule has 0 heteroatoms. The van der Waals surface area contributed by atoms with Gasteiger partial charge in [-0.15, -0.1) is 0 Å². The summed E-state index contributed by atoms with van der Waals surface area (Å²) < 4.78 is 0. The van der Waals surface area contributed by atoms with E-state index in [-0.39, 0.29) is 0 Å². The first-order valence-electron chi connectivity index (χ1n) is 4.22. The zero-order valence-corrected chi connectivity index (χ0v) is 7.52. The van der Waals surface area contributed by atoms with Crippen LogP contribution >= 0.6 is 0 Å². The average molecular weight is 147 g/mol. The molecule has 1 aromatic rings. The maximum atomic E-state index is 3.29. The normalized spacial score (nSPS) is 13.0. The molecule has 59 valence electrons. The average Bonchev–Trinajstić information content (AvgIpc) is 2.05. The van der Waals surface area contributed by atoms with Gasteiger partial charge >= 0.3 is 0 Å². The van der Waals surface area contributed by atoms with Crippen LogP contribution in [-0.2, 0) is 0 Å². The van der Waals surface area contributed by atoms with Gasteiger partial charge in [-0.3, -0.25) is 0 Å². The minimum absolute atomic E-state index is 0.649. The predicted molar refractivity (Wildman–Crippen MR) is 48.7 cm³/mol. The molecule has 0 aliphatic carbocycles. The van der Waals surface area contributed by atoms with Crippen LogP contribution in [0.2, 0.25) is 0 Å². The fraction of sp³-hybridized carbons (Fsp3) is 0.455. The number of benzene rings is 1. The van der Waals surface area contributed by atoms with E-state index in [1.807, 2.05) is 0 Å². The highest BCUT2D eigenvalue weighted by atomic mass is 14.0. The first-order chi connectivity index (χ1) is 5.24. The van der Waals surface area contributed by atoms with Gasteiger partial charge in [0.2, 0.25) is 0 Å². The topological polar surface area (TPSA) is 0 Å². The Bertz CT molecular complexity index is 208. The van der Waals surface area contributed by atoms with Crippen LogP contribution in [0.3, 0.4) is 0 Å². The molecule has 0 bridgehead atoms. The van der Waals surface area contributed by atoms with Crippen LogP contribution in [0.4, 0.5) is 0 Å². The quantitative estimate of drug-likeness (QED) is 0.602. The van der Waals surface area contributed by atoms with E-state index >= 15 is 0 Å². The summed E-state index contributed by atoms with van der Waals surface area (Å²) in [7, 11) is 0. The van der Waals surface area contributed by atoms with Gasteiger partial charge in [0.1, 0.15) is 0 Å². The summed E-state index contributed by atoms with van der Waals surface area (Å²) in [5.74, 6) is 0.649. The molecule has 0 heterocycles. The Labute approximate surface area is 69.3 Å². The van der Waals surface area contributed by atoms with Crippen molar-refractivity contribution >= 4 is 0 Å². The largest absolute Gasteiger partial charge is 0.0648 e. The van der Waals surface area contributed by atoms with Gasteiger partial charge in [0.25, 0.3) is 0 Å². The smallest absolute Gasteiger partial charge is 0.0144 e. The van der Waals surface area contributed by atoms with Crippen molar-refractivity contribution < 1.29 is 0 Å². The van der Waals surface area contributed by atoms with Crippen LogP contribution < -0.4 is 0 Å². The Balaban J connectivity index is 2.81.